The molecule has 10 nitrogen and oxygen atoms in total. The van der Waals surface area contributed by atoms with Crippen LogP contribution < -0.4 is 9.47 Å². The minimum Gasteiger partial charge on any atom is -0.497 e. The first-order valence-corrected chi connectivity index (χ1v) is 16.8. The average Bonchev–Trinajstić information content (AvgIpc) is 3.06. The highest BCUT2D eigenvalue weighted by Crippen LogP contribution is 2.20. The fourth-order valence-corrected chi connectivity index (χ4v) is 3.63. The molecule has 0 aliphatic carbocycles. The summed E-state index contributed by atoms with van der Waals surface area (Å²) < 4.78 is 31.4. The molecule has 50 heavy (non-hydrogen) atoms. The lowest BCUT2D eigenvalue weighted by Gasteiger charge is -2.23. The van der Waals surface area contributed by atoms with E-state index in [2.05, 4.69) is 0 Å². The third kappa shape index (κ3) is 17.2. The van der Waals surface area contributed by atoms with Crippen molar-refractivity contribution in [2.75, 3.05) is 27.4 Å². The normalized spacial score (nSPS) is 12.1. The predicted octanol–water partition coefficient (Wildman–Crippen LogP) is 8.02. The van der Waals surface area contributed by atoms with E-state index in [1.54, 1.807) is 104 Å². The number of methoxy groups -OCH3 is 2. The predicted molar refractivity (Wildman–Crippen MR) is 194 cm³/mol. The summed E-state index contributed by atoms with van der Waals surface area (Å²) in [5, 5.41) is 0. The second-order valence-electron chi connectivity index (χ2n) is 13.9. The molecule has 0 aromatic heterocycles. The Labute approximate surface area is 298 Å². The van der Waals surface area contributed by atoms with Crippen molar-refractivity contribution in [3.05, 3.63) is 70.8 Å². The molecule has 0 amide bonds. The van der Waals surface area contributed by atoms with Crippen molar-refractivity contribution in [1.29, 1.82) is 0 Å². The first-order valence-electron chi connectivity index (χ1n) is 16.8. The van der Waals surface area contributed by atoms with Gasteiger partial charge in [-0.2, -0.15) is 0 Å². The SMILES string of the molecule is CCC(C)COC(=O)C(=Cc1ccc(OC)cc1)C(=O)OCC(C)CC.COc1ccc(C=C(C(=O)OC(C)(C)C)C(=O)OC(C)(C)C)cc1. The van der Waals surface area contributed by atoms with Gasteiger partial charge in [0.1, 0.15) is 33.8 Å². The Bertz CT molecular complexity index is 1380. The van der Waals surface area contributed by atoms with Gasteiger partial charge in [-0.15, -0.1) is 0 Å². The third-order valence-corrected chi connectivity index (χ3v) is 6.92. The summed E-state index contributed by atoms with van der Waals surface area (Å²) in [6.07, 6.45) is 4.74. The van der Waals surface area contributed by atoms with Gasteiger partial charge >= 0.3 is 23.9 Å². The Kier molecular flexibility index (Phi) is 18.1. The molecule has 0 bridgehead atoms. The lowest BCUT2D eigenvalue weighted by atomic mass is 10.1. The van der Waals surface area contributed by atoms with E-state index in [9.17, 15) is 19.2 Å². The van der Waals surface area contributed by atoms with Crippen LogP contribution >= 0.6 is 0 Å². The highest BCUT2D eigenvalue weighted by molar-refractivity contribution is 6.18. The van der Waals surface area contributed by atoms with Crippen LogP contribution in [0.25, 0.3) is 12.2 Å². The van der Waals surface area contributed by atoms with Crippen LogP contribution in [0.3, 0.4) is 0 Å². The van der Waals surface area contributed by atoms with Gasteiger partial charge in [0.25, 0.3) is 0 Å². The maximum Gasteiger partial charge on any atom is 0.346 e. The molecular formula is C40H56O10. The molecule has 0 saturated carbocycles. The maximum atomic E-state index is 12.4. The van der Waals surface area contributed by atoms with Gasteiger partial charge in [0.2, 0.25) is 0 Å². The number of carbonyl (C=O) groups excluding carboxylic acids is 4. The topological polar surface area (TPSA) is 124 Å². The summed E-state index contributed by atoms with van der Waals surface area (Å²) in [5.41, 5.74) is -0.299. The highest BCUT2D eigenvalue weighted by Gasteiger charge is 2.29. The summed E-state index contributed by atoms with van der Waals surface area (Å²) >= 11 is 0. The minimum atomic E-state index is -0.715. The molecule has 0 heterocycles. The molecule has 276 valence electrons. The zero-order valence-electron chi connectivity index (χ0n) is 31.8. The Hall–Kier alpha value is -4.60. The van der Waals surface area contributed by atoms with E-state index in [-0.39, 0.29) is 36.2 Å². The van der Waals surface area contributed by atoms with Gasteiger partial charge in [-0.1, -0.05) is 64.8 Å². The summed E-state index contributed by atoms with van der Waals surface area (Å²) in [5.74, 6) is -0.897. The van der Waals surface area contributed by atoms with E-state index in [1.165, 1.54) is 12.2 Å². The number of hydrogen-bond acceptors (Lipinski definition) is 10. The lowest BCUT2D eigenvalue weighted by Crippen LogP contribution is -2.31. The van der Waals surface area contributed by atoms with Crippen LogP contribution in [0.2, 0.25) is 0 Å². The Balaban J connectivity index is 0.000000502. The molecule has 0 spiro atoms. The molecule has 10 heteroatoms. The molecule has 0 radical (unpaired) electrons. The fourth-order valence-electron chi connectivity index (χ4n) is 3.63. The van der Waals surface area contributed by atoms with Crippen LogP contribution in [0.4, 0.5) is 0 Å². The molecule has 2 atom stereocenters. The first kappa shape index (κ1) is 43.4. The van der Waals surface area contributed by atoms with Gasteiger partial charge in [-0.05, 0) is 101 Å². The van der Waals surface area contributed by atoms with E-state index in [0.717, 1.165) is 12.8 Å². The number of carbonyl (C=O) groups is 4. The smallest absolute Gasteiger partial charge is 0.346 e. The Morgan fingerprint density at radius 1 is 0.560 bits per heavy atom. The van der Waals surface area contributed by atoms with Crippen molar-refractivity contribution in [2.24, 2.45) is 11.8 Å². The monoisotopic (exact) mass is 696 g/mol. The Morgan fingerprint density at radius 3 is 1.12 bits per heavy atom. The highest BCUT2D eigenvalue weighted by atomic mass is 16.6. The van der Waals surface area contributed by atoms with Crippen LogP contribution in [0.1, 0.15) is 93.2 Å². The third-order valence-electron chi connectivity index (χ3n) is 6.92. The van der Waals surface area contributed by atoms with Crippen LogP contribution in [-0.2, 0) is 38.1 Å². The number of hydrogen-bond donors (Lipinski definition) is 0. The zero-order valence-corrected chi connectivity index (χ0v) is 31.8. The molecule has 2 unspecified atom stereocenters. The largest absolute Gasteiger partial charge is 0.497 e. The molecule has 0 fully saturated rings. The summed E-state index contributed by atoms with van der Waals surface area (Å²) in [4.78, 5) is 49.7. The van der Waals surface area contributed by atoms with Crippen LogP contribution in [0.15, 0.2) is 59.7 Å². The first-order chi connectivity index (χ1) is 23.3. The van der Waals surface area contributed by atoms with Crippen molar-refractivity contribution < 1.29 is 47.6 Å². The van der Waals surface area contributed by atoms with Crippen LogP contribution in [-0.4, -0.2) is 62.5 Å². The fraction of sp³-hybridized carbons (Fsp3) is 0.500. The van der Waals surface area contributed by atoms with Gasteiger partial charge < -0.3 is 28.4 Å². The Morgan fingerprint density at radius 2 is 0.860 bits per heavy atom. The second-order valence-corrected chi connectivity index (χ2v) is 13.9. The van der Waals surface area contributed by atoms with Crippen LogP contribution in [0.5, 0.6) is 11.5 Å². The van der Waals surface area contributed by atoms with Gasteiger partial charge in [-0.3, -0.25) is 0 Å². The second kappa shape index (κ2) is 20.8. The minimum absolute atomic E-state index is 0.0956. The van der Waals surface area contributed by atoms with Crippen molar-refractivity contribution in [3.8, 4) is 11.5 Å². The zero-order chi connectivity index (χ0) is 38.1. The summed E-state index contributed by atoms with van der Waals surface area (Å²) in [7, 11) is 3.15. The molecule has 0 aliphatic rings. The molecule has 2 aromatic carbocycles. The molecule has 0 saturated heterocycles. The molecule has 2 aromatic rings. The van der Waals surface area contributed by atoms with Gasteiger partial charge in [0, 0.05) is 0 Å². The average molecular weight is 697 g/mol. The lowest BCUT2D eigenvalue weighted by molar-refractivity contribution is -0.158. The molecule has 0 N–H and O–H groups in total. The molecule has 0 aliphatic heterocycles. The van der Waals surface area contributed by atoms with E-state index < -0.39 is 35.1 Å². The van der Waals surface area contributed by atoms with Crippen molar-refractivity contribution >= 4 is 36.0 Å². The molecule has 2 rings (SSSR count). The quantitative estimate of drug-likeness (QED) is 0.0631. The van der Waals surface area contributed by atoms with Gasteiger partial charge in [0.05, 0.1) is 27.4 Å². The van der Waals surface area contributed by atoms with Gasteiger partial charge in [-0.25, -0.2) is 19.2 Å². The van der Waals surface area contributed by atoms with E-state index in [4.69, 9.17) is 28.4 Å². The standard InChI is InChI=1S/C21H30O5.C19H26O5/c1-6-15(3)13-25-20(22)19(21(23)26-14-16(4)7-2)12-17-8-10-18(24-5)11-9-17;1-18(2,3)23-16(20)15(17(21)24-19(4,5)6)12-13-8-10-14(22-7)11-9-13/h8-12,15-16H,6-7,13-14H2,1-5H3;8-12H,1-7H3. The van der Waals surface area contributed by atoms with E-state index in [0.29, 0.717) is 22.6 Å². The van der Waals surface area contributed by atoms with Crippen molar-refractivity contribution in [2.45, 2.75) is 93.3 Å². The molecular weight excluding hydrogens is 640 g/mol. The number of rotatable bonds is 14. The van der Waals surface area contributed by atoms with E-state index in [1.807, 2.05) is 27.7 Å². The number of esters is 4. The van der Waals surface area contributed by atoms with E-state index >= 15 is 0 Å². The van der Waals surface area contributed by atoms with Crippen LogP contribution in [0, 0.1) is 11.8 Å². The summed E-state index contributed by atoms with van der Waals surface area (Å²) in [6.45, 7) is 19.0. The van der Waals surface area contributed by atoms with Crippen molar-refractivity contribution in [3.63, 3.8) is 0 Å². The summed E-state index contributed by atoms with van der Waals surface area (Å²) in [6, 6.07) is 14.0. The number of ether oxygens (including phenoxy) is 6. The number of benzene rings is 2. The van der Waals surface area contributed by atoms with Crippen molar-refractivity contribution in [1.82, 2.24) is 0 Å². The maximum absolute atomic E-state index is 12.4. The van der Waals surface area contributed by atoms with Gasteiger partial charge in [0.15, 0.2) is 0 Å².